The first kappa shape index (κ1) is 14.3. The Kier molecular flexibility index (Phi) is 4.90. The van der Waals surface area contributed by atoms with Gasteiger partial charge in [-0.3, -0.25) is 9.59 Å². The minimum absolute atomic E-state index is 0.0480. The minimum atomic E-state index is -0.278. The van der Waals surface area contributed by atoms with Crippen LogP contribution in [0, 0.1) is 0 Å². The molecular weight excluding hydrogens is 274 g/mol. The largest absolute Gasteiger partial charge is 0.469 e. The lowest BCUT2D eigenvalue weighted by Crippen LogP contribution is -2.13. The van der Waals surface area contributed by atoms with Crippen molar-refractivity contribution in [2.45, 2.75) is 12.8 Å². The number of amides is 1. The zero-order valence-corrected chi connectivity index (χ0v) is 11.9. The van der Waals surface area contributed by atoms with Crippen LogP contribution >= 0.6 is 11.3 Å². The quantitative estimate of drug-likeness (QED) is 0.861. The summed E-state index contributed by atoms with van der Waals surface area (Å²) in [6, 6.07) is 11.0. The molecule has 4 nitrogen and oxygen atoms in total. The number of ether oxygens (including phenoxy) is 1. The first-order valence-electron chi connectivity index (χ1n) is 6.15. The van der Waals surface area contributed by atoms with Crippen molar-refractivity contribution in [3.63, 3.8) is 0 Å². The Hall–Kier alpha value is -2.14. The van der Waals surface area contributed by atoms with Gasteiger partial charge in [0.15, 0.2) is 0 Å². The predicted molar refractivity (Wildman–Crippen MR) is 78.8 cm³/mol. The molecule has 0 fully saturated rings. The minimum Gasteiger partial charge on any atom is -0.469 e. The van der Waals surface area contributed by atoms with Crippen LogP contribution in [0.5, 0.6) is 0 Å². The third-order valence-corrected chi connectivity index (χ3v) is 3.61. The molecule has 0 bridgehead atoms. The van der Waals surface area contributed by atoms with Gasteiger partial charge in [0.2, 0.25) is 5.91 Å². The van der Waals surface area contributed by atoms with E-state index in [9.17, 15) is 9.59 Å². The van der Waals surface area contributed by atoms with Crippen LogP contribution in [0.4, 0.5) is 5.69 Å². The van der Waals surface area contributed by atoms with Crippen molar-refractivity contribution in [3.05, 3.63) is 52.2 Å². The average molecular weight is 289 g/mol. The fourth-order valence-corrected chi connectivity index (χ4v) is 2.42. The van der Waals surface area contributed by atoms with E-state index in [0.717, 1.165) is 16.1 Å². The number of benzene rings is 1. The molecule has 20 heavy (non-hydrogen) atoms. The van der Waals surface area contributed by atoms with Gasteiger partial charge in [-0.25, -0.2) is 0 Å². The highest BCUT2D eigenvalue weighted by molar-refractivity contribution is 7.10. The smallest absolute Gasteiger partial charge is 0.309 e. The molecule has 0 saturated heterocycles. The van der Waals surface area contributed by atoms with Crippen LogP contribution in [0.2, 0.25) is 0 Å². The average Bonchev–Trinajstić information content (AvgIpc) is 2.93. The van der Waals surface area contributed by atoms with Crippen molar-refractivity contribution in [2.24, 2.45) is 0 Å². The van der Waals surface area contributed by atoms with Gasteiger partial charge >= 0.3 is 5.97 Å². The summed E-state index contributed by atoms with van der Waals surface area (Å²) in [6.45, 7) is 0. The summed E-state index contributed by atoms with van der Waals surface area (Å²) in [4.78, 5) is 24.0. The Morgan fingerprint density at radius 1 is 1.15 bits per heavy atom. The van der Waals surface area contributed by atoms with E-state index in [1.807, 2.05) is 17.5 Å². The van der Waals surface area contributed by atoms with Gasteiger partial charge in [-0.2, -0.15) is 0 Å². The molecule has 0 spiro atoms. The number of anilines is 1. The van der Waals surface area contributed by atoms with E-state index in [1.54, 1.807) is 35.6 Å². The monoisotopic (exact) mass is 289 g/mol. The molecule has 0 aliphatic rings. The summed E-state index contributed by atoms with van der Waals surface area (Å²) in [6.07, 6.45) is 0.613. The number of rotatable bonds is 5. The number of hydrogen-bond acceptors (Lipinski definition) is 4. The van der Waals surface area contributed by atoms with Gasteiger partial charge in [-0.05, 0) is 29.1 Å². The molecule has 0 aliphatic carbocycles. The molecule has 2 rings (SSSR count). The highest BCUT2D eigenvalue weighted by atomic mass is 32.1. The van der Waals surface area contributed by atoms with E-state index in [-0.39, 0.29) is 18.3 Å². The molecule has 0 unspecified atom stereocenters. The number of carbonyl (C=O) groups excluding carboxylic acids is 2. The van der Waals surface area contributed by atoms with Crippen molar-refractivity contribution in [1.82, 2.24) is 0 Å². The highest BCUT2D eigenvalue weighted by Gasteiger charge is 2.06. The van der Waals surface area contributed by atoms with E-state index in [1.165, 1.54) is 7.11 Å². The number of carbonyl (C=O) groups is 2. The molecule has 1 N–H and O–H groups in total. The Morgan fingerprint density at radius 2 is 1.90 bits per heavy atom. The summed E-state index contributed by atoms with van der Waals surface area (Å²) in [5.74, 6) is -0.326. The third-order valence-electron chi connectivity index (χ3n) is 2.73. The van der Waals surface area contributed by atoms with Crippen molar-refractivity contribution < 1.29 is 14.3 Å². The van der Waals surface area contributed by atoms with E-state index in [0.29, 0.717) is 6.42 Å². The van der Waals surface area contributed by atoms with Crippen LogP contribution < -0.4 is 5.32 Å². The molecule has 0 saturated carbocycles. The van der Waals surface area contributed by atoms with Gasteiger partial charge in [0.05, 0.1) is 20.0 Å². The number of nitrogens with one attached hydrogen (secondary N) is 1. The molecule has 1 aromatic heterocycles. The van der Waals surface area contributed by atoms with Crippen LogP contribution in [0.15, 0.2) is 41.8 Å². The molecule has 5 heteroatoms. The number of hydrogen-bond donors (Lipinski definition) is 1. The Labute approximate surface area is 121 Å². The summed E-state index contributed by atoms with van der Waals surface area (Å²) in [5.41, 5.74) is 1.58. The lowest BCUT2D eigenvalue weighted by molar-refractivity contribution is -0.139. The maximum absolute atomic E-state index is 11.8. The van der Waals surface area contributed by atoms with Crippen LogP contribution in [0.1, 0.15) is 10.4 Å². The topological polar surface area (TPSA) is 55.4 Å². The molecular formula is C15H15NO3S. The number of esters is 1. The van der Waals surface area contributed by atoms with Gasteiger partial charge in [0, 0.05) is 10.6 Å². The Balaban J connectivity index is 1.90. The van der Waals surface area contributed by atoms with Crippen LogP contribution in [0.25, 0.3) is 0 Å². The molecule has 0 aliphatic heterocycles. The molecule has 1 amide bonds. The molecule has 0 radical (unpaired) electrons. The second kappa shape index (κ2) is 6.86. The van der Waals surface area contributed by atoms with Crippen molar-refractivity contribution in [3.8, 4) is 0 Å². The SMILES string of the molecule is COC(=O)Cc1ccc(NC(=O)Cc2cccs2)cc1. The van der Waals surface area contributed by atoms with Crippen molar-refractivity contribution >= 4 is 28.9 Å². The van der Waals surface area contributed by atoms with E-state index in [2.05, 4.69) is 10.1 Å². The lowest BCUT2D eigenvalue weighted by atomic mass is 10.1. The standard InChI is InChI=1S/C15H15NO3S/c1-19-15(18)9-11-4-6-12(7-5-11)16-14(17)10-13-3-2-8-20-13/h2-8H,9-10H2,1H3,(H,16,17). The number of thiophene rings is 1. The third kappa shape index (κ3) is 4.20. The summed E-state index contributed by atoms with van der Waals surface area (Å²) >= 11 is 1.56. The van der Waals surface area contributed by atoms with Crippen molar-refractivity contribution in [1.29, 1.82) is 0 Å². The molecule has 0 atom stereocenters. The fourth-order valence-electron chi connectivity index (χ4n) is 1.72. The van der Waals surface area contributed by atoms with Gasteiger partial charge in [-0.15, -0.1) is 11.3 Å². The van der Waals surface area contributed by atoms with Crippen LogP contribution in [0.3, 0.4) is 0 Å². The van der Waals surface area contributed by atoms with Gasteiger partial charge in [0.25, 0.3) is 0 Å². The summed E-state index contributed by atoms with van der Waals surface area (Å²) < 4.78 is 4.60. The number of methoxy groups -OCH3 is 1. The molecule has 1 heterocycles. The normalized spacial score (nSPS) is 10.1. The molecule has 2 aromatic rings. The highest BCUT2D eigenvalue weighted by Crippen LogP contribution is 2.13. The molecule has 1 aromatic carbocycles. The fraction of sp³-hybridized carbons (Fsp3) is 0.200. The lowest BCUT2D eigenvalue weighted by Gasteiger charge is -2.05. The van der Waals surface area contributed by atoms with Gasteiger partial charge in [-0.1, -0.05) is 18.2 Å². The first-order valence-corrected chi connectivity index (χ1v) is 7.03. The zero-order chi connectivity index (χ0) is 14.4. The van der Waals surface area contributed by atoms with Gasteiger partial charge < -0.3 is 10.1 Å². The predicted octanol–water partition coefficient (Wildman–Crippen LogP) is 2.64. The summed E-state index contributed by atoms with van der Waals surface area (Å²) in [7, 11) is 1.36. The van der Waals surface area contributed by atoms with E-state index in [4.69, 9.17) is 0 Å². The second-order valence-electron chi connectivity index (χ2n) is 4.25. The summed E-state index contributed by atoms with van der Waals surface area (Å²) in [5, 5.41) is 4.77. The van der Waals surface area contributed by atoms with Crippen LogP contribution in [-0.4, -0.2) is 19.0 Å². The maximum Gasteiger partial charge on any atom is 0.309 e. The van der Waals surface area contributed by atoms with E-state index >= 15 is 0 Å². The van der Waals surface area contributed by atoms with Crippen molar-refractivity contribution in [2.75, 3.05) is 12.4 Å². The zero-order valence-electron chi connectivity index (χ0n) is 11.1. The first-order chi connectivity index (χ1) is 9.67. The van der Waals surface area contributed by atoms with Gasteiger partial charge in [0.1, 0.15) is 0 Å². The molecule has 104 valence electrons. The Bertz CT molecular complexity index is 576. The maximum atomic E-state index is 11.8. The second-order valence-corrected chi connectivity index (χ2v) is 5.29. The van der Waals surface area contributed by atoms with Crippen LogP contribution in [-0.2, 0) is 27.2 Å². The Morgan fingerprint density at radius 3 is 2.50 bits per heavy atom. The van der Waals surface area contributed by atoms with E-state index < -0.39 is 0 Å².